The van der Waals surface area contributed by atoms with Crippen molar-refractivity contribution in [2.24, 2.45) is 18.7 Å². The second-order valence-electron chi connectivity index (χ2n) is 7.48. The minimum atomic E-state index is -0.624. The Morgan fingerprint density at radius 2 is 2.10 bits per heavy atom. The van der Waals surface area contributed by atoms with Gasteiger partial charge in [-0.05, 0) is 42.6 Å². The van der Waals surface area contributed by atoms with E-state index in [-0.39, 0.29) is 28.8 Å². The van der Waals surface area contributed by atoms with Crippen LogP contribution in [-0.4, -0.2) is 40.3 Å². The third-order valence-electron chi connectivity index (χ3n) is 4.81. The first kappa shape index (κ1) is 22.4. The monoisotopic (exact) mass is 428 g/mol. The number of nitrogens with two attached hydrogens (primary N) is 1. The minimum absolute atomic E-state index is 0.0841. The number of carbonyl (C=O) groups is 1. The number of nitrogens with one attached hydrogen (secondary N) is 2. The van der Waals surface area contributed by atoms with Crippen LogP contribution in [0.3, 0.4) is 0 Å². The molecule has 0 saturated heterocycles. The van der Waals surface area contributed by atoms with E-state index >= 15 is 0 Å². The number of benzene rings is 1. The first-order valence-corrected chi connectivity index (χ1v) is 10.0. The summed E-state index contributed by atoms with van der Waals surface area (Å²) in [5, 5.41) is 9.91. The second kappa shape index (κ2) is 10.1. The van der Waals surface area contributed by atoms with E-state index in [1.165, 1.54) is 24.4 Å². The predicted molar refractivity (Wildman–Crippen MR) is 116 cm³/mol. The van der Waals surface area contributed by atoms with E-state index in [1.807, 2.05) is 13.0 Å². The van der Waals surface area contributed by atoms with E-state index in [4.69, 9.17) is 5.73 Å². The molecule has 0 saturated carbocycles. The smallest absolute Gasteiger partial charge is 0.255 e. The summed E-state index contributed by atoms with van der Waals surface area (Å²) in [5.41, 5.74) is 7.07. The molecule has 0 bridgehead atoms. The van der Waals surface area contributed by atoms with Crippen molar-refractivity contribution in [3.8, 4) is 11.3 Å². The van der Waals surface area contributed by atoms with Crippen LogP contribution in [0.1, 0.15) is 22.8 Å². The van der Waals surface area contributed by atoms with Gasteiger partial charge in [0.15, 0.2) is 5.82 Å². The van der Waals surface area contributed by atoms with Crippen LogP contribution in [0.15, 0.2) is 42.7 Å². The number of hydrogen-bond acceptors (Lipinski definition) is 5. The summed E-state index contributed by atoms with van der Waals surface area (Å²) in [6, 6.07) is 7.44. The Morgan fingerprint density at radius 1 is 1.29 bits per heavy atom. The molecule has 4 N–H and O–H groups in total. The molecule has 1 atom stereocenters. The summed E-state index contributed by atoms with van der Waals surface area (Å²) in [6.45, 7) is 3.08. The molecule has 31 heavy (non-hydrogen) atoms. The maximum absolute atomic E-state index is 14.8. The van der Waals surface area contributed by atoms with Crippen molar-refractivity contribution in [1.29, 1.82) is 0 Å². The molecule has 2 aromatic heterocycles. The minimum Gasteiger partial charge on any atom is -0.369 e. The Balaban J connectivity index is 1.85. The van der Waals surface area contributed by atoms with E-state index in [9.17, 15) is 13.6 Å². The number of pyridine rings is 1. The first-order chi connectivity index (χ1) is 14.9. The van der Waals surface area contributed by atoms with Crippen LogP contribution in [0.5, 0.6) is 0 Å². The Hall–Kier alpha value is -3.33. The highest BCUT2D eigenvalue weighted by Gasteiger charge is 2.19. The normalized spacial score (nSPS) is 11.9. The molecule has 9 heteroatoms. The molecule has 0 aliphatic rings. The molecule has 1 amide bonds. The van der Waals surface area contributed by atoms with Gasteiger partial charge in [0, 0.05) is 31.9 Å². The number of nitrogens with zero attached hydrogens (tertiary/aromatic N) is 3. The van der Waals surface area contributed by atoms with Gasteiger partial charge in [0.1, 0.15) is 17.3 Å². The number of aromatic nitrogens is 3. The molecule has 3 rings (SSSR count). The fraction of sp³-hybridized carbons (Fsp3) is 0.318. The lowest BCUT2D eigenvalue weighted by molar-refractivity contribution is 0.0948. The summed E-state index contributed by atoms with van der Waals surface area (Å²) < 4.78 is 29.8. The largest absolute Gasteiger partial charge is 0.369 e. The fourth-order valence-corrected chi connectivity index (χ4v) is 3.01. The quantitative estimate of drug-likeness (QED) is 0.487. The Bertz CT molecular complexity index is 1050. The number of anilines is 1. The molecule has 2 heterocycles. The highest BCUT2D eigenvalue weighted by Crippen LogP contribution is 2.25. The molecular formula is C22H26F2N6O. The van der Waals surface area contributed by atoms with Gasteiger partial charge in [-0.2, -0.15) is 5.10 Å². The zero-order chi connectivity index (χ0) is 22.4. The maximum atomic E-state index is 14.8. The van der Waals surface area contributed by atoms with Gasteiger partial charge in [-0.3, -0.25) is 9.48 Å². The average molecular weight is 428 g/mol. The number of carbonyl (C=O) groups excluding carboxylic acids is 1. The number of halogens is 2. The van der Waals surface area contributed by atoms with E-state index in [0.29, 0.717) is 31.6 Å². The van der Waals surface area contributed by atoms with Crippen molar-refractivity contribution in [2.75, 3.05) is 25.0 Å². The van der Waals surface area contributed by atoms with E-state index in [1.54, 1.807) is 24.0 Å². The van der Waals surface area contributed by atoms with Gasteiger partial charge in [0.05, 0.1) is 11.8 Å². The third-order valence-corrected chi connectivity index (χ3v) is 4.81. The molecule has 0 spiro atoms. The Labute approximate surface area is 179 Å². The SMILES string of the molecule is C[C@@H](CN)CNC(=O)c1cc(F)c(-c2cnn(C)c2)nc1NCCc1cccc(F)c1. The fourth-order valence-electron chi connectivity index (χ4n) is 3.01. The summed E-state index contributed by atoms with van der Waals surface area (Å²) in [6.07, 6.45) is 3.65. The molecule has 3 aromatic rings. The van der Waals surface area contributed by atoms with Crippen LogP contribution in [0.2, 0.25) is 0 Å². The lowest BCUT2D eigenvalue weighted by Crippen LogP contribution is -2.32. The molecule has 1 aromatic carbocycles. The van der Waals surface area contributed by atoms with Gasteiger partial charge >= 0.3 is 0 Å². The predicted octanol–water partition coefficient (Wildman–Crippen LogP) is 2.74. The third kappa shape index (κ3) is 5.85. The zero-order valence-corrected chi connectivity index (χ0v) is 17.5. The maximum Gasteiger partial charge on any atom is 0.255 e. The van der Waals surface area contributed by atoms with Crippen molar-refractivity contribution in [2.45, 2.75) is 13.3 Å². The highest BCUT2D eigenvalue weighted by atomic mass is 19.1. The molecule has 0 radical (unpaired) electrons. The van der Waals surface area contributed by atoms with E-state index in [2.05, 4.69) is 20.7 Å². The van der Waals surface area contributed by atoms with Crippen LogP contribution in [0.25, 0.3) is 11.3 Å². The standard InChI is InChI=1S/C22H26F2N6O/c1-14(10-25)11-27-22(31)18-9-19(24)20(16-12-28-30(2)13-16)29-21(18)26-7-6-15-4-3-5-17(23)8-15/h3-5,8-9,12-14H,6-7,10-11,25H2,1-2H3,(H,26,29)(H,27,31)/t14-/m0/s1. The number of aryl methyl sites for hydroxylation is 1. The molecule has 0 aliphatic carbocycles. The topological polar surface area (TPSA) is 97.9 Å². The molecular weight excluding hydrogens is 402 g/mol. The van der Waals surface area contributed by atoms with Crippen LogP contribution >= 0.6 is 0 Å². The summed E-state index contributed by atoms with van der Waals surface area (Å²) in [7, 11) is 1.72. The number of amides is 1. The second-order valence-corrected chi connectivity index (χ2v) is 7.48. The summed E-state index contributed by atoms with van der Waals surface area (Å²) in [5.74, 6) is -1.06. The molecule has 164 valence electrons. The van der Waals surface area contributed by atoms with Gasteiger partial charge in [0.2, 0.25) is 0 Å². The van der Waals surface area contributed by atoms with Gasteiger partial charge in [-0.15, -0.1) is 0 Å². The Morgan fingerprint density at radius 3 is 2.77 bits per heavy atom. The van der Waals surface area contributed by atoms with E-state index < -0.39 is 11.7 Å². The van der Waals surface area contributed by atoms with Crippen LogP contribution in [-0.2, 0) is 13.5 Å². The van der Waals surface area contributed by atoms with Gasteiger partial charge < -0.3 is 16.4 Å². The molecule has 0 fully saturated rings. The van der Waals surface area contributed by atoms with Gasteiger partial charge in [-0.1, -0.05) is 19.1 Å². The molecule has 7 nitrogen and oxygen atoms in total. The highest BCUT2D eigenvalue weighted by molar-refractivity contribution is 5.99. The number of rotatable bonds is 9. The van der Waals surface area contributed by atoms with Crippen molar-refractivity contribution < 1.29 is 13.6 Å². The zero-order valence-electron chi connectivity index (χ0n) is 17.5. The molecule has 0 unspecified atom stereocenters. The Kier molecular flexibility index (Phi) is 7.30. The summed E-state index contributed by atoms with van der Waals surface area (Å²) in [4.78, 5) is 17.1. The van der Waals surface area contributed by atoms with Crippen molar-refractivity contribution in [1.82, 2.24) is 20.1 Å². The summed E-state index contributed by atoms with van der Waals surface area (Å²) >= 11 is 0. The van der Waals surface area contributed by atoms with Crippen LogP contribution < -0.4 is 16.4 Å². The first-order valence-electron chi connectivity index (χ1n) is 10.0. The van der Waals surface area contributed by atoms with Gasteiger partial charge in [-0.25, -0.2) is 13.8 Å². The van der Waals surface area contributed by atoms with Crippen molar-refractivity contribution in [3.63, 3.8) is 0 Å². The lowest BCUT2D eigenvalue weighted by atomic mass is 10.1. The van der Waals surface area contributed by atoms with Crippen molar-refractivity contribution in [3.05, 3.63) is 65.5 Å². The lowest BCUT2D eigenvalue weighted by Gasteiger charge is -2.15. The number of hydrogen-bond donors (Lipinski definition) is 3. The van der Waals surface area contributed by atoms with E-state index in [0.717, 1.165) is 5.56 Å². The van der Waals surface area contributed by atoms with Gasteiger partial charge in [0.25, 0.3) is 5.91 Å². The van der Waals surface area contributed by atoms with Crippen molar-refractivity contribution >= 4 is 11.7 Å². The van der Waals surface area contributed by atoms with Crippen LogP contribution in [0, 0.1) is 17.6 Å². The molecule has 0 aliphatic heterocycles. The average Bonchev–Trinajstić information content (AvgIpc) is 3.18. The van der Waals surface area contributed by atoms with Crippen LogP contribution in [0.4, 0.5) is 14.6 Å².